The van der Waals surface area contributed by atoms with Crippen LogP contribution in [0.5, 0.6) is 0 Å². The van der Waals surface area contributed by atoms with Crippen LogP contribution in [0.2, 0.25) is 0 Å². The molecule has 0 aliphatic heterocycles. The summed E-state index contributed by atoms with van der Waals surface area (Å²) in [7, 11) is 0. The number of allylic oxidation sites excluding steroid dienone is 3. The Kier molecular flexibility index (Phi) is 5.00. The molecule has 0 radical (unpaired) electrons. The minimum absolute atomic E-state index is 1.07. The van der Waals surface area contributed by atoms with E-state index < -0.39 is 0 Å². The Morgan fingerprint density at radius 3 is 1.90 bits per heavy atom. The molecule has 0 saturated carbocycles. The van der Waals surface area contributed by atoms with Gasteiger partial charge in [-0.2, -0.15) is 0 Å². The molecule has 0 aliphatic rings. The van der Waals surface area contributed by atoms with Crippen molar-refractivity contribution in [2.24, 2.45) is 0 Å². The van der Waals surface area contributed by atoms with Gasteiger partial charge in [-0.15, -0.1) is 0 Å². The molecule has 0 aliphatic carbocycles. The van der Waals surface area contributed by atoms with Crippen LogP contribution in [0.25, 0.3) is 0 Å². The van der Waals surface area contributed by atoms with Crippen molar-refractivity contribution in [2.45, 2.75) is 40.0 Å². The average molecular weight is 138 g/mol. The van der Waals surface area contributed by atoms with Gasteiger partial charge in [0.25, 0.3) is 0 Å². The van der Waals surface area contributed by atoms with E-state index in [-0.39, 0.29) is 0 Å². The fraction of sp³-hybridized carbons (Fsp3) is 0.600. The van der Waals surface area contributed by atoms with Crippen LogP contribution in [0.4, 0.5) is 0 Å². The molecule has 0 atom stereocenters. The predicted octanol–water partition coefficient (Wildman–Crippen LogP) is 3.70. The van der Waals surface area contributed by atoms with Gasteiger partial charge in [0, 0.05) is 0 Å². The first kappa shape index (κ1) is 9.48. The van der Waals surface area contributed by atoms with E-state index in [0.717, 1.165) is 19.3 Å². The molecule has 0 aromatic rings. The molecule has 0 nitrogen and oxygen atoms in total. The Balaban J connectivity index is 3.96. The Bertz CT molecular complexity index is 123. The summed E-state index contributed by atoms with van der Waals surface area (Å²) in [4.78, 5) is 0. The van der Waals surface area contributed by atoms with Crippen molar-refractivity contribution in [1.82, 2.24) is 0 Å². The van der Waals surface area contributed by atoms with Crippen molar-refractivity contribution in [3.63, 3.8) is 0 Å². The molecule has 0 fully saturated rings. The van der Waals surface area contributed by atoms with E-state index in [2.05, 4.69) is 33.4 Å². The van der Waals surface area contributed by atoms with Gasteiger partial charge in [0.1, 0.15) is 0 Å². The molecule has 0 saturated heterocycles. The van der Waals surface area contributed by atoms with Crippen molar-refractivity contribution in [2.75, 3.05) is 0 Å². The molecule has 0 rings (SSSR count). The summed E-state index contributed by atoms with van der Waals surface area (Å²) in [6.07, 6.45) is 5.62. The molecular weight excluding hydrogens is 120 g/mol. The van der Waals surface area contributed by atoms with Crippen LogP contribution in [-0.4, -0.2) is 0 Å². The van der Waals surface area contributed by atoms with Gasteiger partial charge in [0.05, 0.1) is 0 Å². The van der Waals surface area contributed by atoms with Gasteiger partial charge in [-0.1, -0.05) is 44.6 Å². The maximum atomic E-state index is 3.93. The predicted molar refractivity (Wildman–Crippen MR) is 48.1 cm³/mol. The Labute approximate surface area is 64.6 Å². The summed E-state index contributed by atoms with van der Waals surface area (Å²) < 4.78 is 0. The summed E-state index contributed by atoms with van der Waals surface area (Å²) in [6.45, 7) is 10.5. The number of hydrogen-bond acceptors (Lipinski definition) is 0. The summed E-state index contributed by atoms with van der Waals surface area (Å²) in [5.74, 6) is 0. The lowest BCUT2D eigenvalue weighted by atomic mass is 10.1. The van der Waals surface area contributed by atoms with Crippen molar-refractivity contribution in [3.8, 4) is 0 Å². The molecule has 0 aromatic carbocycles. The Morgan fingerprint density at radius 1 is 1.10 bits per heavy atom. The quantitative estimate of drug-likeness (QED) is 0.520. The fourth-order valence-electron chi connectivity index (χ4n) is 0.845. The summed E-state index contributed by atoms with van der Waals surface area (Å²) in [5.41, 5.74) is 2.76. The zero-order valence-electron chi connectivity index (χ0n) is 7.41. The Hall–Kier alpha value is -0.520. The molecule has 0 amide bonds. The smallest absolute Gasteiger partial charge is 0.0313 e. The van der Waals surface area contributed by atoms with Crippen LogP contribution in [0.15, 0.2) is 23.8 Å². The SMILES string of the molecule is C=C(C=C(CC)CC)CC. The van der Waals surface area contributed by atoms with E-state index in [4.69, 9.17) is 0 Å². The summed E-state index contributed by atoms with van der Waals surface area (Å²) in [6, 6.07) is 0. The molecule has 0 spiro atoms. The van der Waals surface area contributed by atoms with Crippen molar-refractivity contribution in [3.05, 3.63) is 23.8 Å². The molecule has 58 valence electrons. The topological polar surface area (TPSA) is 0 Å². The first-order valence-corrected chi connectivity index (χ1v) is 4.11. The number of hydrogen-bond donors (Lipinski definition) is 0. The van der Waals surface area contributed by atoms with E-state index in [9.17, 15) is 0 Å². The van der Waals surface area contributed by atoms with Gasteiger partial charge in [-0.25, -0.2) is 0 Å². The zero-order valence-corrected chi connectivity index (χ0v) is 7.41. The van der Waals surface area contributed by atoms with Crippen LogP contribution < -0.4 is 0 Å². The molecule has 0 aromatic heterocycles. The van der Waals surface area contributed by atoms with E-state index in [0.29, 0.717) is 0 Å². The third-order valence-electron chi connectivity index (χ3n) is 1.77. The van der Waals surface area contributed by atoms with E-state index in [1.807, 2.05) is 0 Å². The van der Waals surface area contributed by atoms with Crippen LogP contribution in [0, 0.1) is 0 Å². The highest BCUT2D eigenvalue weighted by atomic mass is 14.0. The largest absolute Gasteiger partial charge is 0.0958 e. The maximum absolute atomic E-state index is 3.93. The normalized spacial score (nSPS) is 9.10. The van der Waals surface area contributed by atoms with Gasteiger partial charge in [-0.3, -0.25) is 0 Å². The highest BCUT2D eigenvalue weighted by Crippen LogP contribution is 2.10. The minimum Gasteiger partial charge on any atom is -0.0958 e. The van der Waals surface area contributed by atoms with Gasteiger partial charge in [0.15, 0.2) is 0 Å². The van der Waals surface area contributed by atoms with E-state index in [1.165, 1.54) is 11.1 Å². The molecule has 0 unspecified atom stereocenters. The van der Waals surface area contributed by atoms with Crippen LogP contribution in [0.1, 0.15) is 40.0 Å². The standard InChI is InChI=1S/C10H18/c1-5-9(4)8-10(6-2)7-3/h8H,4-7H2,1-3H3. The van der Waals surface area contributed by atoms with Crippen LogP contribution in [0.3, 0.4) is 0 Å². The van der Waals surface area contributed by atoms with E-state index >= 15 is 0 Å². The second kappa shape index (κ2) is 5.28. The molecule has 0 N–H and O–H groups in total. The first-order chi connectivity index (χ1) is 4.74. The lowest BCUT2D eigenvalue weighted by molar-refractivity contribution is 0.967. The lowest BCUT2D eigenvalue weighted by Gasteiger charge is -2.00. The van der Waals surface area contributed by atoms with E-state index in [1.54, 1.807) is 0 Å². The third-order valence-corrected chi connectivity index (χ3v) is 1.77. The summed E-state index contributed by atoms with van der Waals surface area (Å²) in [5, 5.41) is 0. The maximum Gasteiger partial charge on any atom is -0.0313 e. The van der Waals surface area contributed by atoms with Gasteiger partial charge >= 0.3 is 0 Å². The Morgan fingerprint density at radius 2 is 1.60 bits per heavy atom. The highest BCUT2D eigenvalue weighted by molar-refractivity contribution is 5.19. The molecular formula is C10H18. The van der Waals surface area contributed by atoms with Crippen molar-refractivity contribution < 1.29 is 0 Å². The van der Waals surface area contributed by atoms with Crippen molar-refractivity contribution in [1.29, 1.82) is 0 Å². The first-order valence-electron chi connectivity index (χ1n) is 4.11. The van der Waals surface area contributed by atoms with Gasteiger partial charge in [0.2, 0.25) is 0 Å². The zero-order chi connectivity index (χ0) is 7.98. The van der Waals surface area contributed by atoms with Gasteiger partial charge in [-0.05, 0) is 19.3 Å². The second-order valence-electron chi connectivity index (χ2n) is 2.52. The molecule has 0 heterocycles. The van der Waals surface area contributed by atoms with Crippen LogP contribution >= 0.6 is 0 Å². The minimum atomic E-state index is 1.07. The molecule has 0 heteroatoms. The second-order valence-corrected chi connectivity index (χ2v) is 2.52. The highest BCUT2D eigenvalue weighted by Gasteiger charge is 1.89. The van der Waals surface area contributed by atoms with Gasteiger partial charge < -0.3 is 0 Å². The van der Waals surface area contributed by atoms with Crippen LogP contribution in [-0.2, 0) is 0 Å². The number of rotatable bonds is 4. The third kappa shape index (κ3) is 3.49. The average Bonchev–Trinajstić information content (AvgIpc) is 1.99. The monoisotopic (exact) mass is 138 g/mol. The molecule has 10 heavy (non-hydrogen) atoms. The summed E-state index contributed by atoms with van der Waals surface area (Å²) >= 11 is 0. The fourth-order valence-corrected chi connectivity index (χ4v) is 0.845. The van der Waals surface area contributed by atoms with Crippen molar-refractivity contribution >= 4 is 0 Å². The molecule has 0 bridgehead atoms. The lowest BCUT2D eigenvalue weighted by Crippen LogP contribution is -1.79.